The summed E-state index contributed by atoms with van der Waals surface area (Å²) in [6.07, 6.45) is 0.0992. The van der Waals surface area contributed by atoms with Crippen molar-refractivity contribution in [3.8, 4) is 0 Å². The Hall–Kier alpha value is -1.45. The molecule has 0 aliphatic heterocycles. The molecule has 0 fully saturated rings. The minimum Gasteiger partial charge on any atom is -0.385 e. The molecule has 0 aliphatic carbocycles. The third-order valence-electron chi connectivity index (χ3n) is 2.99. The van der Waals surface area contributed by atoms with E-state index in [1.165, 1.54) is 31.2 Å². The van der Waals surface area contributed by atoms with Crippen LogP contribution < -0.4 is 0 Å². The van der Waals surface area contributed by atoms with Crippen LogP contribution in [0.2, 0.25) is 5.02 Å². The third kappa shape index (κ3) is 3.11. The van der Waals surface area contributed by atoms with Crippen LogP contribution in [-0.2, 0) is 12.0 Å². The standard InChI is InChI=1S/C15H13ClF2O/c1-15(19,11-4-2-3-5-13(11)17)9-10-6-7-12(16)14(18)8-10/h2-8,19H,9H2,1H3. The van der Waals surface area contributed by atoms with E-state index in [2.05, 4.69) is 0 Å². The van der Waals surface area contributed by atoms with Gasteiger partial charge < -0.3 is 5.11 Å². The fourth-order valence-electron chi connectivity index (χ4n) is 2.04. The molecular formula is C15H13ClF2O. The summed E-state index contributed by atoms with van der Waals surface area (Å²) in [6, 6.07) is 10.3. The summed E-state index contributed by atoms with van der Waals surface area (Å²) in [5.74, 6) is -1.04. The molecule has 1 nitrogen and oxygen atoms in total. The molecule has 2 rings (SSSR count). The summed E-state index contributed by atoms with van der Waals surface area (Å²) in [5, 5.41) is 10.4. The van der Waals surface area contributed by atoms with Crippen molar-refractivity contribution >= 4 is 11.6 Å². The zero-order valence-corrected chi connectivity index (χ0v) is 11.1. The molecule has 100 valence electrons. The van der Waals surface area contributed by atoms with Gasteiger partial charge in [-0.1, -0.05) is 35.9 Å². The monoisotopic (exact) mass is 282 g/mol. The second kappa shape index (κ2) is 5.27. The summed E-state index contributed by atoms with van der Waals surface area (Å²) in [4.78, 5) is 0. The second-order valence-corrected chi connectivity index (χ2v) is 5.09. The molecule has 0 radical (unpaired) electrons. The molecule has 1 atom stereocenters. The Morgan fingerprint density at radius 1 is 1.11 bits per heavy atom. The maximum absolute atomic E-state index is 13.7. The van der Waals surface area contributed by atoms with Crippen molar-refractivity contribution < 1.29 is 13.9 Å². The van der Waals surface area contributed by atoms with Crippen LogP contribution in [0.25, 0.3) is 0 Å². The highest BCUT2D eigenvalue weighted by molar-refractivity contribution is 6.30. The van der Waals surface area contributed by atoms with E-state index in [9.17, 15) is 13.9 Å². The van der Waals surface area contributed by atoms with E-state index in [1.807, 2.05) is 0 Å². The van der Waals surface area contributed by atoms with Crippen molar-refractivity contribution in [3.05, 3.63) is 70.2 Å². The van der Waals surface area contributed by atoms with Crippen LogP contribution in [0.5, 0.6) is 0 Å². The van der Waals surface area contributed by atoms with Crippen molar-refractivity contribution in [3.63, 3.8) is 0 Å². The summed E-state index contributed by atoms with van der Waals surface area (Å²) in [7, 11) is 0. The summed E-state index contributed by atoms with van der Waals surface area (Å²) >= 11 is 5.60. The van der Waals surface area contributed by atoms with Gasteiger partial charge in [-0.05, 0) is 30.7 Å². The zero-order chi connectivity index (χ0) is 14.0. The van der Waals surface area contributed by atoms with E-state index in [1.54, 1.807) is 18.2 Å². The fraction of sp³-hybridized carbons (Fsp3) is 0.200. The van der Waals surface area contributed by atoms with E-state index in [-0.39, 0.29) is 17.0 Å². The highest BCUT2D eigenvalue weighted by Gasteiger charge is 2.26. The SMILES string of the molecule is CC(O)(Cc1ccc(Cl)c(F)c1)c1ccccc1F. The molecular weight excluding hydrogens is 270 g/mol. The fourth-order valence-corrected chi connectivity index (χ4v) is 2.16. The van der Waals surface area contributed by atoms with Gasteiger partial charge in [-0.2, -0.15) is 0 Å². The average Bonchev–Trinajstić information content (AvgIpc) is 2.34. The first-order valence-electron chi connectivity index (χ1n) is 5.81. The van der Waals surface area contributed by atoms with Gasteiger partial charge in [0.25, 0.3) is 0 Å². The lowest BCUT2D eigenvalue weighted by atomic mass is 9.89. The summed E-state index contributed by atoms with van der Waals surface area (Å²) < 4.78 is 27.0. The highest BCUT2D eigenvalue weighted by atomic mass is 35.5. The maximum atomic E-state index is 13.7. The lowest BCUT2D eigenvalue weighted by Crippen LogP contribution is -2.25. The average molecular weight is 283 g/mol. The van der Waals surface area contributed by atoms with Crippen LogP contribution in [0.15, 0.2) is 42.5 Å². The molecule has 0 spiro atoms. The normalized spacial score (nSPS) is 14.2. The van der Waals surface area contributed by atoms with Crippen molar-refractivity contribution in [1.82, 2.24) is 0 Å². The van der Waals surface area contributed by atoms with Gasteiger partial charge >= 0.3 is 0 Å². The topological polar surface area (TPSA) is 20.2 Å². The Bertz CT molecular complexity index is 596. The first kappa shape index (κ1) is 14.0. The summed E-state index contributed by atoms with van der Waals surface area (Å²) in [6.45, 7) is 1.50. The van der Waals surface area contributed by atoms with Gasteiger partial charge in [-0.3, -0.25) is 0 Å². The molecule has 0 heterocycles. The van der Waals surface area contributed by atoms with Crippen molar-refractivity contribution in [2.75, 3.05) is 0 Å². The molecule has 0 aromatic heterocycles. The lowest BCUT2D eigenvalue weighted by Gasteiger charge is -2.24. The first-order valence-corrected chi connectivity index (χ1v) is 6.19. The van der Waals surface area contributed by atoms with Crippen LogP contribution in [0.1, 0.15) is 18.1 Å². The van der Waals surface area contributed by atoms with Gasteiger partial charge in [0.15, 0.2) is 0 Å². The van der Waals surface area contributed by atoms with Crippen LogP contribution in [-0.4, -0.2) is 5.11 Å². The number of halogens is 3. The molecule has 0 bridgehead atoms. The molecule has 4 heteroatoms. The smallest absolute Gasteiger partial charge is 0.142 e. The van der Waals surface area contributed by atoms with Crippen LogP contribution >= 0.6 is 11.6 Å². The molecule has 1 N–H and O–H groups in total. The predicted octanol–water partition coefficient (Wildman–Crippen LogP) is 4.07. The Morgan fingerprint density at radius 2 is 1.79 bits per heavy atom. The van der Waals surface area contributed by atoms with E-state index >= 15 is 0 Å². The predicted molar refractivity (Wildman–Crippen MR) is 71.1 cm³/mol. The minimum absolute atomic E-state index is 0.0225. The zero-order valence-electron chi connectivity index (χ0n) is 10.3. The maximum Gasteiger partial charge on any atom is 0.142 e. The number of benzene rings is 2. The van der Waals surface area contributed by atoms with Crippen molar-refractivity contribution in [1.29, 1.82) is 0 Å². The number of hydrogen-bond donors (Lipinski definition) is 1. The molecule has 19 heavy (non-hydrogen) atoms. The molecule has 2 aromatic rings. The van der Waals surface area contributed by atoms with Gasteiger partial charge in [0.05, 0.1) is 10.6 Å². The lowest BCUT2D eigenvalue weighted by molar-refractivity contribution is 0.0537. The van der Waals surface area contributed by atoms with E-state index in [4.69, 9.17) is 11.6 Å². The molecule has 2 aromatic carbocycles. The number of aliphatic hydroxyl groups is 1. The quantitative estimate of drug-likeness (QED) is 0.900. The summed E-state index contributed by atoms with van der Waals surface area (Å²) in [5.41, 5.74) is -0.675. The van der Waals surface area contributed by atoms with E-state index < -0.39 is 17.2 Å². The number of hydrogen-bond acceptors (Lipinski definition) is 1. The van der Waals surface area contributed by atoms with Crippen molar-refractivity contribution in [2.24, 2.45) is 0 Å². The van der Waals surface area contributed by atoms with Crippen LogP contribution in [0.3, 0.4) is 0 Å². The van der Waals surface area contributed by atoms with Gasteiger partial charge in [-0.15, -0.1) is 0 Å². The Labute approximate surface area is 115 Å². The third-order valence-corrected chi connectivity index (χ3v) is 3.29. The van der Waals surface area contributed by atoms with Crippen LogP contribution in [0.4, 0.5) is 8.78 Å². The van der Waals surface area contributed by atoms with Gasteiger partial charge in [0, 0.05) is 12.0 Å². The van der Waals surface area contributed by atoms with Crippen molar-refractivity contribution in [2.45, 2.75) is 18.9 Å². The first-order chi connectivity index (χ1) is 8.90. The Kier molecular flexibility index (Phi) is 3.88. The van der Waals surface area contributed by atoms with Gasteiger partial charge in [-0.25, -0.2) is 8.78 Å². The highest BCUT2D eigenvalue weighted by Crippen LogP contribution is 2.28. The number of rotatable bonds is 3. The molecule has 0 aliphatic rings. The molecule has 1 unspecified atom stereocenters. The minimum atomic E-state index is -1.41. The molecule has 0 amide bonds. The van der Waals surface area contributed by atoms with Gasteiger partial charge in [0.2, 0.25) is 0 Å². The van der Waals surface area contributed by atoms with E-state index in [0.717, 1.165) is 0 Å². The molecule has 0 saturated carbocycles. The Morgan fingerprint density at radius 3 is 2.42 bits per heavy atom. The van der Waals surface area contributed by atoms with E-state index in [0.29, 0.717) is 5.56 Å². The largest absolute Gasteiger partial charge is 0.385 e. The van der Waals surface area contributed by atoms with Crippen LogP contribution in [0, 0.1) is 11.6 Å². The van der Waals surface area contributed by atoms with Gasteiger partial charge in [0.1, 0.15) is 11.6 Å². The second-order valence-electron chi connectivity index (χ2n) is 4.68. The molecule has 0 saturated heterocycles. The Balaban J connectivity index is 2.31.